The molecule has 0 aliphatic heterocycles. The zero-order chi connectivity index (χ0) is 16.5. The molecule has 0 unspecified atom stereocenters. The van der Waals surface area contributed by atoms with Gasteiger partial charge in [-0.15, -0.1) is 0 Å². The third kappa shape index (κ3) is 6.03. The molecule has 5 nitrogen and oxygen atoms in total. The van der Waals surface area contributed by atoms with Crippen LogP contribution in [-0.4, -0.2) is 52.9 Å². The van der Waals surface area contributed by atoms with Gasteiger partial charge >= 0.3 is 0 Å². The summed E-state index contributed by atoms with van der Waals surface area (Å²) in [5.41, 5.74) is 1.46. The van der Waals surface area contributed by atoms with E-state index < -0.39 is 0 Å². The molecule has 1 aromatic heterocycles. The fourth-order valence-electron chi connectivity index (χ4n) is 1.82. The number of aliphatic hydroxyl groups excluding tert-OH is 2. The molecule has 1 aromatic rings. The third-order valence-electron chi connectivity index (χ3n) is 3.50. The molecule has 0 fully saturated rings. The molecule has 1 heterocycles. The summed E-state index contributed by atoms with van der Waals surface area (Å²) in [5, 5.41) is 18.5. The molecule has 5 heteroatoms. The maximum atomic E-state index is 9.27. The van der Waals surface area contributed by atoms with Gasteiger partial charge in [0.2, 0.25) is 0 Å². The van der Waals surface area contributed by atoms with Gasteiger partial charge in [0.1, 0.15) is 0 Å². The number of aromatic nitrogens is 1. The molecule has 0 aliphatic rings. The lowest BCUT2D eigenvalue weighted by Gasteiger charge is -2.12. The van der Waals surface area contributed by atoms with Gasteiger partial charge in [0, 0.05) is 12.4 Å². The lowest BCUT2D eigenvalue weighted by atomic mass is 10.1. The zero-order valence-electron chi connectivity index (χ0n) is 13.8. The Hall–Kier alpha value is -1.59. The fraction of sp³-hybridized carbons (Fsp3) is 0.588. The van der Waals surface area contributed by atoms with Crippen molar-refractivity contribution in [3.63, 3.8) is 0 Å². The summed E-state index contributed by atoms with van der Waals surface area (Å²) in [5.74, 6) is 0.560. The van der Waals surface area contributed by atoms with E-state index >= 15 is 0 Å². The second-order valence-electron chi connectivity index (χ2n) is 6.03. The van der Waals surface area contributed by atoms with Gasteiger partial charge in [-0.25, -0.2) is 4.98 Å². The Morgan fingerprint density at radius 2 is 1.32 bits per heavy atom. The molecular formula is C17H27N3O2. The molecule has 0 saturated heterocycles. The minimum atomic E-state index is -0.112. The molecule has 2 N–H and O–H groups in total. The van der Waals surface area contributed by atoms with Gasteiger partial charge in [0.15, 0.2) is 0 Å². The van der Waals surface area contributed by atoms with Crippen molar-refractivity contribution in [2.45, 2.75) is 39.8 Å². The Morgan fingerprint density at radius 3 is 1.64 bits per heavy atom. The van der Waals surface area contributed by atoms with Crippen LogP contribution in [0.2, 0.25) is 0 Å². The van der Waals surface area contributed by atoms with Gasteiger partial charge in [-0.05, 0) is 24.0 Å². The van der Waals surface area contributed by atoms with Crippen molar-refractivity contribution in [1.82, 2.24) is 4.98 Å². The van der Waals surface area contributed by atoms with E-state index in [1.165, 1.54) is 0 Å². The first kappa shape index (κ1) is 18.5. The highest BCUT2D eigenvalue weighted by atomic mass is 16.3. The van der Waals surface area contributed by atoms with Crippen LogP contribution in [0.25, 0.3) is 0 Å². The Balaban J connectivity index is 2.82. The number of aliphatic hydroxyl groups is 2. The zero-order valence-corrected chi connectivity index (χ0v) is 13.8. The monoisotopic (exact) mass is 305 g/mol. The Kier molecular flexibility index (Phi) is 7.91. The van der Waals surface area contributed by atoms with Crippen LogP contribution >= 0.6 is 0 Å². The summed E-state index contributed by atoms with van der Waals surface area (Å²) in [7, 11) is 0. The van der Waals surface area contributed by atoms with E-state index in [1.807, 2.05) is 45.9 Å². The lowest BCUT2D eigenvalue weighted by molar-refractivity contribution is 0.240. The number of hydrogen-bond donors (Lipinski definition) is 2. The normalized spacial score (nSPS) is 15.3. The molecule has 0 radical (unpaired) electrons. The number of aliphatic imine (C=N–C) groups is 2. The quantitative estimate of drug-likeness (QED) is 0.721. The second kappa shape index (κ2) is 9.43. The summed E-state index contributed by atoms with van der Waals surface area (Å²) < 4.78 is 0. The highest BCUT2D eigenvalue weighted by Gasteiger charge is 2.10. The van der Waals surface area contributed by atoms with E-state index in [4.69, 9.17) is 0 Å². The molecule has 1 rings (SSSR count). The first-order valence-corrected chi connectivity index (χ1v) is 7.73. The van der Waals surface area contributed by atoms with E-state index in [0.717, 1.165) is 11.4 Å². The lowest BCUT2D eigenvalue weighted by Crippen LogP contribution is -2.18. The first-order valence-electron chi connectivity index (χ1n) is 7.73. The summed E-state index contributed by atoms with van der Waals surface area (Å²) in [6.07, 6.45) is 3.37. The van der Waals surface area contributed by atoms with E-state index in [1.54, 1.807) is 12.4 Å². The highest BCUT2D eigenvalue weighted by Crippen LogP contribution is 2.07. The van der Waals surface area contributed by atoms with Gasteiger partial charge in [0.25, 0.3) is 0 Å². The highest BCUT2D eigenvalue weighted by molar-refractivity contribution is 5.81. The van der Waals surface area contributed by atoms with Crippen molar-refractivity contribution in [1.29, 1.82) is 0 Å². The molecule has 22 heavy (non-hydrogen) atoms. The molecule has 0 saturated carbocycles. The predicted octanol–water partition coefficient (Wildman–Crippen LogP) is 1.95. The molecule has 122 valence electrons. The van der Waals surface area contributed by atoms with Gasteiger partial charge < -0.3 is 10.2 Å². The minimum absolute atomic E-state index is 0.0296. The van der Waals surface area contributed by atoms with Crippen LogP contribution in [0.15, 0.2) is 28.2 Å². The SMILES string of the molecule is CC(C)[C@@H](CO)N=Cc1cccc(C=N[C@H](CO)C(C)C)n1. The van der Waals surface area contributed by atoms with E-state index in [2.05, 4.69) is 15.0 Å². The van der Waals surface area contributed by atoms with Crippen LogP contribution in [0.4, 0.5) is 0 Å². The van der Waals surface area contributed by atoms with Crippen LogP contribution in [0.1, 0.15) is 39.1 Å². The Bertz CT molecular complexity index is 457. The van der Waals surface area contributed by atoms with Gasteiger partial charge in [-0.1, -0.05) is 33.8 Å². The van der Waals surface area contributed by atoms with Crippen LogP contribution in [0.3, 0.4) is 0 Å². The summed E-state index contributed by atoms with van der Waals surface area (Å²) in [4.78, 5) is 13.2. The molecule has 0 aliphatic carbocycles. The third-order valence-corrected chi connectivity index (χ3v) is 3.50. The van der Waals surface area contributed by atoms with Crippen molar-refractivity contribution in [2.24, 2.45) is 21.8 Å². The van der Waals surface area contributed by atoms with Crippen molar-refractivity contribution in [2.75, 3.05) is 13.2 Å². The topological polar surface area (TPSA) is 78.1 Å². The molecule has 0 spiro atoms. The molecular weight excluding hydrogens is 278 g/mol. The molecule has 2 atom stereocenters. The summed E-state index contributed by atoms with van der Waals surface area (Å²) >= 11 is 0. The van der Waals surface area contributed by atoms with Gasteiger partial charge in [0.05, 0.1) is 36.7 Å². The fourth-order valence-corrected chi connectivity index (χ4v) is 1.82. The van der Waals surface area contributed by atoms with Gasteiger partial charge in [-0.2, -0.15) is 0 Å². The number of pyridine rings is 1. The molecule has 0 bridgehead atoms. The first-order chi connectivity index (χ1) is 10.5. The Labute approximate surface area is 132 Å². The Morgan fingerprint density at radius 1 is 0.909 bits per heavy atom. The second-order valence-corrected chi connectivity index (χ2v) is 6.03. The number of hydrogen-bond acceptors (Lipinski definition) is 5. The maximum absolute atomic E-state index is 9.27. The van der Waals surface area contributed by atoms with Crippen molar-refractivity contribution in [3.05, 3.63) is 29.6 Å². The van der Waals surface area contributed by atoms with E-state index in [9.17, 15) is 10.2 Å². The van der Waals surface area contributed by atoms with Gasteiger partial charge in [-0.3, -0.25) is 9.98 Å². The smallest absolute Gasteiger partial charge is 0.0815 e. The minimum Gasteiger partial charge on any atom is -0.394 e. The van der Waals surface area contributed by atoms with Crippen molar-refractivity contribution in [3.8, 4) is 0 Å². The summed E-state index contributed by atoms with van der Waals surface area (Å²) in [6, 6.07) is 5.39. The van der Waals surface area contributed by atoms with E-state index in [0.29, 0.717) is 0 Å². The van der Waals surface area contributed by atoms with Crippen LogP contribution in [-0.2, 0) is 0 Å². The van der Waals surface area contributed by atoms with Crippen molar-refractivity contribution < 1.29 is 10.2 Å². The average molecular weight is 305 g/mol. The largest absolute Gasteiger partial charge is 0.394 e. The summed E-state index contributed by atoms with van der Waals surface area (Å²) in [6.45, 7) is 8.15. The standard InChI is InChI=1S/C17H27N3O2/c1-12(2)16(10-21)18-8-14-6-5-7-15(20-14)9-19-17(11-22)13(3)4/h5-9,12-13,16-17,21-22H,10-11H2,1-4H3/t16-,17-/m1/s1. The molecule has 0 aromatic carbocycles. The number of nitrogens with zero attached hydrogens (tertiary/aromatic N) is 3. The van der Waals surface area contributed by atoms with Crippen LogP contribution < -0.4 is 0 Å². The van der Waals surface area contributed by atoms with Crippen LogP contribution in [0.5, 0.6) is 0 Å². The predicted molar refractivity (Wildman–Crippen MR) is 90.8 cm³/mol. The maximum Gasteiger partial charge on any atom is 0.0815 e. The van der Waals surface area contributed by atoms with Crippen molar-refractivity contribution >= 4 is 12.4 Å². The average Bonchev–Trinajstić information content (AvgIpc) is 2.48. The van der Waals surface area contributed by atoms with Crippen LogP contribution in [0, 0.1) is 11.8 Å². The molecule has 0 amide bonds. The van der Waals surface area contributed by atoms with E-state index in [-0.39, 0.29) is 37.1 Å². The number of rotatable bonds is 8.